The third-order valence-corrected chi connectivity index (χ3v) is 2.99. The molecular weight excluding hydrogens is 240 g/mol. The highest BCUT2D eigenvalue weighted by atomic mass is 16.2. The quantitative estimate of drug-likeness (QED) is 0.833. The number of aryl methyl sites for hydroxylation is 1. The van der Waals surface area contributed by atoms with E-state index >= 15 is 0 Å². The summed E-state index contributed by atoms with van der Waals surface area (Å²) in [5.41, 5.74) is 2.25. The van der Waals surface area contributed by atoms with Crippen molar-refractivity contribution in [3.05, 3.63) is 23.4 Å². The van der Waals surface area contributed by atoms with E-state index in [1.807, 2.05) is 32.0 Å². The van der Waals surface area contributed by atoms with E-state index in [-0.39, 0.29) is 5.91 Å². The lowest BCUT2D eigenvalue weighted by Gasteiger charge is -2.24. The fourth-order valence-electron chi connectivity index (χ4n) is 1.90. The standard InChI is InChI=1S/C14H24N4O/c1-6-18(10-13(19)17(4)5)14-11(2)7-12(8-15-3)9-16-14/h7,9,15H,6,8,10H2,1-5H3. The smallest absolute Gasteiger partial charge is 0.241 e. The van der Waals surface area contributed by atoms with Crippen LogP contribution in [0.1, 0.15) is 18.1 Å². The van der Waals surface area contributed by atoms with Gasteiger partial charge >= 0.3 is 0 Å². The van der Waals surface area contributed by atoms with E-state index in [9.17, 15) is 4.79 Å². The monoisotopic (exact) mass is 264 g/mol. The highest BCUT2D eigenvalue weighted by Gasteiger charge is 2.14. The first-order valence-corrected chi connectivity index (χ1v) is 6.54. The molecular formula is C14H24N4O. The van der Waals surface area contributed by atoms with Crippen LogP contribution in [0.15, 0.2) is 12.3 Å². The van der Waals surface area contributed by atoms with E-state index in [0.717, 1.165) is 30.0 Å². The Kier molecular flexibility index (Phi) is 5.76. The summed E-state index contributed by atoms with van der Waals surface area (Å²) in [6.07, 6.45) is 1.86. The number of nitrogens with one attached hydrogen (secondary N) is 1. The molecule has 0 fully saturated rings. The van der Waals surface area contributed by atoms with Crippen molar-refractivity contribution >= 4 is 11.7 Å². The van der Waals surface area contributed by atoms with Crippen LogP contribution in [-0.4, -0.2) is 50.0 Å². The van der Waals surface area contributed by atoms with Gasteiger partial charge in [0.1, 0.15) is 5.82 Å². The Morgan fingerprint density at radius 1 is 1.42 bits per heavy atom. The van der Waals surface area contributed by atoms with Gasteiger partial charge in [-0.05, 0) is 38.1 Å². The molecule has 5 heteroatoms. The van der Waals surface area contributed by atoms with E-state index in [2.05, 4.69) is 16.4 Å². The zero-order valence-electron chi connectivity index (χ0n) is 12.5. The molecule has 0 aromatic carbocycles. The first-order valence-electron chi connectivity index (χ1n) is 6.54. The number of pyridine rings is 1. The van der Waals surface area contributed by atoms with Crippen LogP contribution in [0, 0.1) is 6.92 Å². The average Bonchev–Trinajstić information content (AvgIpc) is 2.36. The second kappa shape index (κ2) is 7.09. The zero-order chi connectivity index (χ0) is 14.4. The number of carbonyl (C=O) groups is 1. The molecule has 0 spiro atoms. The van der Waals surface area contributed by atoms with Crippen LogP contribution in [-0.2, 0) is 11.3 Å². The van der Waals surface area contributed by atoms with E-state index in [4.69, 9.17) is 0 Å². The Morgan fingerprint density at radius 2 is 2.11 bits per heavy atom. The van der Waals surface area contributed by atoms with Crippen molar-refractivity contribution in [1.82, 2.24) is 15.2 Å². The summed E-state index contributed by atoms with van der Waals surface area (Å²) < 4.78 is 0. The summed E-state index contributed by atoms with van der Waals surface area (Å²) in [7, 11) is 5.45. The Morgan fingerprint density at radius 3 is 2.58 bits per heavy atom. The van der Waals surface area contributed by atoms with Crippen LogP contribution in [0.25, 0.3) is 0 Å². The molecule has 1 aromatic rings. The minimum absolute atomic E-state index is 0.0855. The van der Waals surface area contributed by atoms with Crippen molar-refractivity contribution in [3.63, 3.8) is 0 Å². The molecule has 106 valence electrons. The Balaban J connectivity index is 2.89. The summed E-state index contributed by atoms with van der Waals surface area (Å²) >= 11 is 0. The second-order valence-electron chi connectivity index (χ2n) is 4.82. The number of likely N-dealkylation sites (N-methyl/N-ethyl adjacent to an activating group) is 2. The molecule has 0 saturated carbocycles. The van der Waals surface area contributed by atoms with Crippen LogP contribution in [0.5, 0.6) is 0 Å². The molecule has 1 rings (SSSR count). The number of hydrogen-bond acceptors (Lipinski definition) is 4. The van der Waals surface area contributed by atoms with E-state index in [1.165, 1.54) is 0 Å². The van der Waals surface area contributed by atoms with Gasteiger partial charge in [0, 0.05) is 33.4 Å². The fourth-order valence-corrected chi connectivity index (χ4v) is 1.90. The molecule has 0 bridgehead atoms. The molecule has 0 aliphatic heterocycles. The van der Waals surface area contributed by atoms with Gasteiger partial charge in [-0.2, -0.15) is 0 Å². The maximum Gasteiger partial charge on any atom is 0.241 e. The van der Waals surface area contributed by atoms with Gasteiger partial charge in [-0.3, -0.25) is 4.79 Å². The van der Waals surface area contributed by atoms with Crippen molar-refractivity contribution in [2.45, 2.75) is 20.4 Å². The van der Waals surface area contributed by atoms with Crippen molar-refractivity contribution in [1.29, 1.82) is 0 Å². The fraction of sp³-hybridized carbons (Fsp3) is 0.571. The van der Waals surface area contributed by atoms with Crippen LogP contribution < -0.4 is 10.2 Å². The predicted molar refractivity (Wildman–Crippen MR) is 78.3 cm³/mol. The molecule has 1 aromatic heterocycles. The predicted octanol–water partition coefficient (Wildman–Crippen LogP) is 1.02. The number of nitrogens with zero attached hydrogens (tertiary/aromatic N) is 3. The highest BCUT2D eigenvalue weighted by Crippen LogP contribution is 2.17. The molecule has 0 radical (unpaired) electrons. The maximum absolute atomic E-state index is 11.8. The number of aromatic nitrogens is 1. The number of hydrogen-bond donors (Lipinski definition) is 1. The van der Waals surface area contributed by atoms with Gasteiger partial charge < -0.3 is 15.1 Å². The van der Waals surface area contributed by atoms with Crippen molar-refractivity contribution in [3.8, 4) is 0 Å². The first kappa shape index (κ1) is 15.4. The summed E-state index contributed by atoms with van der Waals surface area (Å²) in [5.74, 6) is 0.972. The van der Waals surface area contributed by atoms with Gasteiger partial charge in [-0.1, -0.05) is 0 Å². The first-order chi connectivity index (χ1) is 8.99. The molecule has 5 nitrogen and oxygen atoms in total. The van der Waals surface area contributed by atoms with Gasteiger partial charge in [0.05, 0.1) is 6.54 Å². The molecule has 0 aliphatic carbocycles. The zero-order valence-corrected chi connectivity index (χ0v) is 12.5. The van der Waals surface area contributed by atoms with E-state index < -0.39 is 0 Å². The van der Waals surface area contributed by atoms with Crippen LogP contribution in [0.3, 0.4) is 0 Å². The lowest BCUT2D eigenvalue weighted by molar-refractivity contribution is -0.127. The minimum atomic E-state index is 0.0855. The van der Waals surface area contributed by atoms with Crippen molar-refractivity contribution in [2.75, 3.05) is 39.1 Å². The van der Waals surface area contributed by atoms with Crippen LogP contribution in [0.2, 0.25) is 0 Å². The van der Waals surface area contributed by atoms with Crippen LogP contribution >= 0.6 is 0 Å². The Bertz CT molecular complexity index is 431. The number of rotatable bonds is 6. The molecule has 1 heterocycles. The highest BCUT2D eigenvalue weighted by molar-refractivity contribution is 5.80. The SMILES string of the molecule is CCN(CC(=O)N(C)C)c1ncc(CNC)cc1C. The molecule has 1 amide bonds. The van der Waals surface area contributed by atoms with Gasteiger partial charge in [-0.15, -0.1) is 0 Å². The van der Waals surface area contributed by atoms with E-state index in [1.54, 1.807) is 19.0 Å². The topological polar surface area (TPSA) is 48.5 Å². The molecule has 0 aliphatic rings. The summed E-state index contributed by atoms with van der Waals surface area (Å²) in [4.78, 5) is 19.9. The van der Waals surface area contributed by atoms with Crippen molar-refractivity contribution < 1.29 is 4.79 Å². The molecule has 0 saturated heterocycles. The van der Waals surface area contributed by atoms with Gasteiger partial charge in [0.2, 0.25) is 5.91 Å². The summed E-state index contributed by atoms with van der Waals surface area (Å²) in [6.45, 7) is 5.99. The average molecular weight is 264 g/mol. The van der Waals surface area contributed by atoms with Crippen molar-refractivity contribution in [2.24, 2.45) is 0 Å². The molecule has 1 N–H and O–H groups in total. The minimum Gasteiger partial charge on any atom is -0.347 e. The molecule has 19 heavy (non-hydrogen) atoms. The Hall–Kier alpha value is -1.62. The third-order valence-electron chi connectivity index (χ3n) is 2.99. The maximum atomic E-state index is 11.8. The van der Waals surface area contributed by atoms with Gasteiger partial charge in [0.25, 0.3) is 0 Å². The lowest BCUT2D eigenvalue weighted by atomic mass is 10.2. The third kappa shape index (κ3) is 4.21. The van der Waals surface area contributed by atoms with Gasteiger partial charge in [0.15, 0.2) is 0 Å². The Labute approximate surface area is 115 Å². The van der Waals surface area contributed by atoms with Crippen LogP contribution in [0.4, 0.5) is 5.82 Å². The number of amides is 1. The normalized spacial score (nSPS) is 10.4. The summed E-state index contributed by atoms with van der Waals surface area (Å²) in [5, 5.41) is 3.11. The molecule has 0 atom stereocenters. The summed E-state index contributed by atoms with van der Waals surface area (Å²) in [6, 6.07) is 2.11. The number of anilines is 1. The van der Waals surface area contributed by atoms with E-state index in [0.29, 0.717) is 6.54 Å². The number of carbonyl (C=O) groups excluding carboxylic acids is 1. The lowest BCUT2D eigenvalue weighted by Crippen LogP contribution is -2.37. The largest absolute Gasteiger partial charge is 0.347 e. The van der Waals surface area contributed by atoms with Gasteiger partial charge in [-0.25, -0.2) is 4.98 Å². The molecule has 0 unspecified atom stereocenters. The second-order valence-corrected chi connectivity index (χ2v) is 4.82.